The Labute approximate surface area is 169 Å². The maximum Gasteiger partial charge on any atom is 0.261 e. The van der Waals surface area contributed by atoms with Gasteiger partial charge in [-0.2, -0.15) is 4.31 Å². The molecule has 1 heterocycles. The summed E-state index contributed by atoms with van der Waals surface area (Å²) < 4.78 is 68.4. The lowest BCUT2D eigenvalue weighted by atomic mass is 10.1. The predicted octanol–water partition coefficient (Wildman–Crippen LogP) is 3.68. The summed E-state index contributed by atoms with van der Waals surface area (Å²) in [6.07, 6.45) is 1.57. The number of hydrogen-bond donors (Lipinski definition) is 1. The molecule has 1 N–H and O–H groups in total. The number of sulfonamides is 2. The van der Waals surface area contributed by atoms with Crippen molar-refractivity contribution in [1.29, 1.82) is 0 Å². The van der Waals surface area contributed by atoms with Crippen LogP contribution in [0.2, 0.25) is 5.02 Å². The van der Waals surface area contributed by atoms with Crippen LogP contribution in [0.4, 0.5) is 10.1 Å². The quantitative estimate of drug-likeness (QED) is 0.759. The van der Waals surface area contributed by atoms with Crippen molar-refractivity contribution in [1.82, 2.24) is 4.31 Å². The Balaban J connectivity index is 1.98. The molecule has 0 aliphatic carbocycles. The molecule has 0 unspecified atom stereocenters. The lowest BCUT2D eigenvalue weighted by Crippen LogP contribution is -2.28. The molecular weight excluding hydrogens is 427 g/mol. The van der Waals surface area contributed by atoms with Gasteiger partial charge in [-0.05, 0) is 68.1 Å². The van der Waals surface area contributed by atoms with Gasteiger partial charge in [-0.15, -0.1) is 0 Å². The molecule has 6 nitrogen and oxygen atoms in total. The Morgan fingerprint density at radius 1 is 0.964 bits per heavy atom. The summed E-state index contributed by atoms with van der Waals surface area (Å²) >= 11 is 6.09. The summed E-state index contributed by atoms with van der Waals surface area (Å²) in [5, 5.41) is 0.0551. The molecule has 152 valence electrons. The zero-order chi connectivity index (χ0) is 20.7. The molecule has 10 heteroatoms. The Hall–Kier alpha value is -1.68. The molecule has 1 aliphatic rings. The number of anilines is 1. The van der Waals surface area contributed by atoms with Crippen LogP contribution in [0.1, 0.15) is 24.0 Å². The molecule has 0 spiro atoms. The van der Waals surface area contributed by atoms with Crippen molar-refractivity contribution in [2.75, 3.05) is 17.8 Å². The van der Waals surface area contributed by atoms with E-state index in [1.165, 1.54) is 48.5 Å². The van der Waals surface area contributed by atoms with Gasteiger partial charge in [0.25, 0.3) is 10.0 Å². The van der Waals surface area contributed by atoms with E-state index in [9.17, 15) is 21.2 Å². The largest absolute Gasteiger partial charge is 0.278 e. The zero-order valence-electron chi connectivity index (χ0n) is 15.4. The maximum atomic E-state index is 13.8. The van der Waals surface area contributed by atoms with Crippen molar-refractivity contribution < 1.29 is 21.2 Å². The molecular formula is C18H20ClFN2O4S2. The average molecular weight is 447 g/mol. The first kappa shape index (κ1) is 21.0. The smallest absolute Gasteiger partial charge is 0.261 e. The molecule has 0 atom stereocenters. The van der Waals surface area contributed by atoms with Crippen LogP contribution in [0.25, 0.3) is 0 Å². The first-order valence-electron chi connectivity index (χ1n) is 8.61. The Morgan fingerprint density at radius 3 is 2.11 bits per heavy atom. The SMILES string of the molecule is Cc1cc(S(=O)(=O)Nc2cc(S(=O)(=O)N3CCCC3)ccc2Cl)cc(C)c1F. The van der Waals surface area contributed by atoms with E-state index in [2.05, 4.69) is 4.72 Å². The van der Waals surface area contributed by atoms with Crippen LogP contribution >= 0.6 is 11.6 Å². The summed E-state index contributed by atoms with van der Waals surface area (Å²) in [5.74, 6) is -0.476. The first-order valence-corrected chi connectivity index (χ1v) is 11.9. The van der Waals surface area contributed by atoms with Crippen LogP contribution in [0.5, 0.6) is 0 Å². The van der Waals surface area contributed by atoms with Crippen LogP contribution in [-0.2, 0) is 20.0 Å². The van der Waals surface area contributed by atoms with Crippen molar-refractivity contribution in [3.8, 4) is 0 Å². The van der Waals surface area contributed by atoms with E-state index in [4.69, 9.17) is 11.6 Å². The summed E-state index contributed by atoms with van der Waals surface area (Å²) in [6, 6.07) is 6.31. The molecule has 1 aliphatic heterocycles. The lowest BCUT2D eigenvalue weighted by Gasteiger charge is -2.17. The van der Waals surface area contributed by atoms with Crippen LogP contribution in [0.15, 0.2) is 40.1 Å². The van der Waals surface area contributed by atoms with Crippen LogP contribution in [0, 0.1) is 19.7 Å². The van der Waals surface area contributed by atoms with E-state index >= 15 is 0 Å². The van der Waals surface area contributed by atoms with Gasteiger partial charge in [-0.3, -0.25) is 4.72 Å². The Bertz CT molecular complexity index is 1110. The van der Waals surface area contributed by atoms with Crippen molar-refractivity contribution in [2.24, 2.45) is 0 Å². The van der Waals surface area contributed by atoms with Crippen LogP contribution < -0.4 is 4.72 Å². The van der Waals surface area contributed by atoms with E-state index in [0.29, 0.717) is 13.1 Å². The van der Waals surface area contributed by atoms with E-state index in [-0.39, 0.29) is 31.6 Å². The maximum absolute atomic E-state index is 13.8. The molecule has 28 heavy (non-hydrogen) atoms. The Kier molecular flexibility index (Phi) is 5.73. The minimum Gasteiger partial charge on any atom is -0.278 e. The highest BCUT2D eigenvalue weighted by molar-refractivity contribution is 7.92. The molecule has 1 fully saturated rings. The number of rotatable bonds is 5. The lowest BCUT2D eigenvalue weighted by molar-refractivity contribution is 0.477. The number of halogens is 2. The summed E-state index contributed by atoms with van der Waals surface area (Å²) in [7, 11) is -7.82. The predicted molar refractivity (Wildman–Crippen MR) is 106 cm³/mol. The molecule has 0 amide bonds. The van der Waals surface area contributed by atoms with Gasteiger partial charge >= 0.3 is 0 Å². The van der Waals surface area contributed by atoms with Crippen molar-refractivity contribution in [3.63, 3.8) is 0 Å². The highest BCUT2D eigenvalue weighted by Crippen LogP contribution is 2.30. The van der Waals surface area contributed by atoms with Crippen LogP contribution in [0.3, 0.4) is 0 Å². The topological polar surface area (TPSA) is 83.5 Å². The third-order valence-electron chi connectivity index (χ3n) is 4.61. The minimum absolute atomic E-state index is 0.0389. The third-order valence-corrected chi connectivity index (χ3v) is 8.17. The highest BCUT2D eigenvalue weighted by Gasteiger charge is 2.28. The van der Waals surface area contributed by atoms with E-state index < -0.39 is 25.9 Å². The summed E-state index contributed by atoms with van der Waals surface area (Å²) in [6.45, 7) is 3.80. The van der Waals surface area contributed by atoms with Gasteiger partial charge in [0.2, 0.25) is 10.0 Å². The van der Waals surface area contributed by atoms with Gasteiger partial charge in [0.05, 0.1) is 20.5 Å². The summed E-state index contributed by atoms with van der Waals surface area (Å²) in [4.78, 5) is -0.171. The Morgan fingerprint density at radius 2 is 1.54 bits per heavy atom. The van der Waals surface area contributed by atoms with Gasteiger partial charge in [0, 0.05) is 13.1 Å². The fourth-order valence-corrected chi connectivity index (χ4v) is 6.09. The number of benzene rings is 2. The van der Waals surface area contributed by atoms with E-state index in [0.717, 1.165) is 12.8 Å². The molecule has 0 saturated carbocycles. The number of hydrogen-bond acceptors (Lipinski definition) is 4. The number of aryl methyl sites for hydroxylation is 2. The molecule has 0 aromatic heterocycles. The van der Waals surface area contributed by atoms with Crippen molar-refractivity contribution in [3.05, 3.63) is 52.3 Å². The third kappa shape index (κ3) is 4.03. The molecule has 0 radical (unpaired) electrons. The van der Waals surface area contributed by atoms with E-state index in [1.807, 2.05) is 0 Å². The van der Waals surface area contributed by atoms with Crippen LogP contribution in [-0.4, -0.2) is 34.2 Å². The number of nitrogens with one attached hydrogen (secondary N) is 1. The fraction of sp³-hybridized carbons (Fsp3) is 0.333. The first-order chi connectivity index (χ1) is 13.0. The van der Waals surface area contributed by atoms with Gasteiger partial charge in [0.15, 0.2) is 0 Å². The van der Waals surface area contributed by atoms with Gasteiger partial charge in [0.1, 0.15) is 5.82 Å². The molecule has 2 aromatic carbocycles. The monoisotopic (exact) mass is 446 g/mol. The zero-order valence-corrected chi connectivity index (χ0v) is 17.8. The number of nitrogens with zero attached hydrogens (tertiary/aromatic N) is 1. The highest BCUT2D eigenvalue weighted by atomic mass is 35.5. The second-order valence-electron chi connectivity index (χ2n) is 6.73. The minimum atomic E-state index is -4.09. The normalized spacial score (nSPS) is 15.7. The van der Waals surface area contributed by atoms with Crippen molar-refractivity contribution in [2.45, 2.75) is 36.5 Å². The standard InChI is InChI=1S/C18H20ClFN2O4S2/c1-12-9-15(10-13(2)18(12)20)27(23,24)21-17-11-14(5-6-16(17)19)28(25,26)22-7-3-4-8-22/h5-6,9-11,21H,3-4,7-8H2,1-2H3. The molecule has 0 bridgehead atoms. The second-order valence-corrected chi connectivity index (χ2v) is 10.8. The molecule has 2 aromatic rings. The second kappa shape index (κ2) is 7.62. The van der Waals surface area contributed by atoms with E-state index in [1.54, 1.807) is 0 Å². The van der Waals surface area contributed by atoms with Gasteiger partial charge in [-0.25, -0.2) is 21.2 Å². The fourth-order valence-electron chi connectivity index (χ4n) is 3.09. The average Bonchev–Trinajstić information content (AvgIpc) is 3.16. The van der Waals surface area contributed by atoms with Gasteiger partial charge in [-0.1, -0.05) is 11.6 Å². The molecule has 1 saturated heterocycles. The summed E-state index contributed by atoms with van der Waals surface area (Å²) in [5.41, 5.74) is 0.329. The van der Waals surface area contributed by atoms with Crippen molar-refractivity contribution >= 4 is 37.3 Å². The molecule has 3 rings (SSSR count). The van der Waals surface area contributed by atoms with Gasteiger partial charge < -0.3 is 0 Å².